The van der Waals surface area contributed by atoms with Gasteiger partial charge >= 0.3 is 0 Å². The maximum absolute atomic E-state index is 12.8. The maximum atomic E-state index is 12.8. The molecule has 2 rings (SSSR count). The van der Waals surface area contributed by atoms with Crippen LogP contribution in [0.3, 0.4) is 0 Å². The van der Waals surface area contributed by atoms with Crippen molar-refractivity contribution in [3.8, 4) is 0 Å². The minimum Gasteiger partial charge on any atom is -0.317 e. The maximum Gasteiger partial charge on any atom is 0.263 e. The predicted octanol–water partition coefficient (Wildman–Crippen LogP) is 3.84. The van der Waals surface area contributed by atoms with E-state index in [1.807, 2.05) is 6.07 Å². The lowest BCUT2D eigenvalue weighted by Crippen LogP contribution is -2.36. The zero-order valence-electron chi connectivity index (χ0n) is 12.8. The molecule has 21 heavy (non-hydrogen) atoms. The Bertz CT molecular complexity index is 417. The van der Waals surface area contributed by atoms with Gasteiger partial charge in [-0.1, -0.05) is 25.1 Å². The molecule has 1 aromatic carbocycles. The van der Waals surface area contributed by atoms with Crippen molar-refractivity contribution in [1.82, 2.24) is 10.2 Å². The third-order valence-electron chi connectivity index (χ3n) is 4.12. The Kier molecular flexibility index (Phi) is 6.58. The summed E-state index contributed by atoms with van der Waals surface area (Å²) in [5.41, 5.74) is 1.13. The topological polar surface area (TPSA) is 15.3 Å². The van der Waals surface area contributed by atoms with Crippen LogP contribution in [0.1, 0.15) is 43.7 Å². The lowest BCUT2D eigenvalue weighted by molar-refractivity contribution is 0.151. The third kappa shape index (κ3) is 5.36. The van der Waals surface area contributed by atoms with Gasteiger partial charge in [-0.3, -0.25) is 4.90 Å². The van der Waals surface area contributed by atoms with Gasteiger partial charge in [-0.25, -0.2) is 8.78 Å². The normalized spacial score (nSPS) is 16.8. The molecule has 0 unspecified atom stereocenters. The molecule has 2 nitrogen and oxygen atoms in total. The van der Waals surface area contributed by atoms with Gasteiger partial charge in [0.1, 0.15) is 0 Å². The van der Waals surface area contributed by atoms with Crippen molar-refractivity contribution in [3.05, 3.63) is 35.4 Å². The number of benzene rings is 1. The number of hydrogen-bond acceptors (Lipinski definition) is 2. The summed E-state index contributed by atoms with van der Waals surface area (Å²) in [5.74, 6) is 0.732. The van der Waals surface area contributed by atoms with E-state index in [4.69, 9.17) is 0 Å². The predicted molar refractivity (Wildman–Crippen MR) is 82.6 cm³/mol. The van der Waals surface area contributed by atoms with Crippen LogP contribution in [-0.4, -0.2) is 31.1 Å². The van der Waals surface area contributed by atoms with E-state index in [-0.39, 0.29) is 5.56 Å². The highest BCUT2D eigenvalue weighted by atomic mass is 19.3. The summed E-state index contributed by atoms with van der Waals surface area (Å²) >= 11 is 0. The molecule has 1 fully saturated rings. The smallest absolute Gasteiger partial charge is 0.263 e. The standard InChI is InChI=1S/C17H26F2N2/c1-2-10-21(12-14-6-8-20-9-7-14)13-15-4-3-5-16(11-15)17(18)19/h3-5,11,14,17,20H,2,6-10,12-13H2,1H3. The third-order valence-corrected chi connectivity index (χ3v) is 4.12. The SMILES string of the molecule is CCCN(Cc1cccc(C(F)F)c1)CC1CCNCC1. The highest BCUT2D eigenvalue weighted by Gasteiger charge is 2.17. The summed E-state index contributed by atoms with van der Waals surface area (Å²) in [5, 5.41) is 3.39. The van der Waals surface area contributed by atoms with Crippen LogP contribution in [0.4, 0.5) is 8.78 Å². The van der Waals surface area contributed by atoms with Gasteiger partial charge in [0, 0.05) is 18.7 Å². The van der Waals surface area contributed by atoms with Crippen LogP contribution >= 0.6 is 0 Å². The highest BCUT2D eigenvalue weighted by Crippen LogP contribution is 2.21. The highest BCUT2D eigenvalue weighted by molar-refractivity contribution is 5.24. The molecule has 0 bridgehead atoms. The molecule has 0 saturated carbocycles. The van der Waals surface area contributed by atoms with Crippen molar-refractivity contribution in [3.63, 3.8) is 0 Å². The Morgan fingerprint density at radius 1 is 1.29 bits per heavy atom. The molecule has 0 radical (unpaired) electrons. The van der Waals surface area contributed by atoms with E-state index in [9.17, 15) is 8.78 Å². The van der Waals surface area contributed by atoms with Crippen molar-refractivity contribution in [2.45, 2.75) is 39.2 Å². The molecule has 0 spiro atoms. The van der Waals surface area contributed by atoms with Gasteiger partial charge in [0.2, 0.25) is 0 Å². The number of halogens is 2. The van der Waals surface area contributed by atoms with E-state index < -0.39 is 6.43 Å². The van der Waals surface area contributed by atoms with Crippen molar-refractivity contribution in [2.24, 2.45) is 5.92 Å². The Labute approximate surface area is 126 Å². The number of nitrogens with zero attached hydrogens (tertiary/aromatic N) is 1. The first kappa shape index (κ1) is 16.4. The van der Waals surface area contributed by atoms with E-state index in [0.29, 0.717) is 0 Å². The first-order valence-corrected chi connectivity index (χ1v) is 7.99. The first-order chi connectivity index (χ1) is 10.2. The molecule has 1 aliphatic rings. The summed E-state index contributed by atoms with van der Waals surface area (Å²) < 4.78 is 25.6. The molecule has 0 aromatic heterocycles. The second-order valence-electron chi connectivity index (χ2n) is 5.97. The molecule has 4 heteroatoms. The van der Waals surface area contributed by atoms with Crippen LogP contribution in [0.25, 0.3) is 0 Å². The second kappa shape index (κ2) is 8.44. The lowest BCUT2D eigenvalue weighted by Gasteiger charge is -2.30. The fourth-order valence-electron chi connectivity index (χ4n) is 3.07. The molecule has 1 aromatic rings. The molecule has 0 aliphatic carbocycles. The molecule has 1 aliphatic heterocycles. The van der Waals surface area contributed by atoms with E-state index in [0.717, 1.165) is 50.6 Å². The quantitative estimate of drug-likeness (QED) is 0.822. The van der Waals surface area contributed by atoms with E-state index in [2.05, 4.69) is 17.1 Å². The van der Waals surface area contributed by atoms with Gasteiger partial charge in [-0.2, -0.15) is 0 Å². The second-order valence-corrected chi connectivity index (χ2v) is 5.97. The van der Waals surface area contributed by atoms with E-state index >= 15 is 0 Å². The van der Waals surface area contributed by atoms with Gasteiger partial charge in [0.05, 0.1) is 0 Å². The van der Waals surface area contributed by atoms with Crippen LogP contribution in [0.5, 0.6) is 0 Å². The summed E-state index contributed by atoms with van der Waals surface area (Å²) in [6.07, 6.45) is 1.16. The van der Waals surface area contributed by atoms with Gasteiger partial charge in [-0.05, 0) is 56.4 Å². The largest absolute Gasteiger partial charge is 0.317 e. The molecular weight excluding hydrogens is 270 g/mol. The molecule has 0 atom stereocenters. The van der Waals surface area contributed by atoms with Crippen molar-refractivity contribution >= 4 is 0 Å². The summed E-state index contributed by atoms with van der Waals surface area (Å²) in [7, 11) is 0. The Hall–Kier alpha value is -1.00. The molecular formula is C17H26F2N2. The van der Waals surface area contributed by atoms with E-state index in [1.165, 1.54) is 18.9 Å². The number of nitrogens with one attached hydrogen (secondary N) is 1. The Balaban J connectivity index is 1.96. The monoisotopic (exact) mass is 296 g/mol. The molecule has 1 N–H and O–H groups in total. The van der Waals surface area contributed by atoms with Gasteiger partial charge in [0.25, 0.3) is 6.43 Å². The van der Waals surface area contributed by atoms with Crippen LogP contribution in [-0.2, 0) is 6.54 Å². The van der Waals surface area contributed by atoms with Crippen molar-refractivity contribution < 1.29 is 8.78 Å². The summed E-state index contributed by atoms with van der Waals surface area (Å²) in [6.45, 7) is 7.26. The van der Waals surface area contributed by atoms with Crippen molar-refractivity contribution in [2.75, 3.05) is 26.2 Å². The van der Waals surface area contributed by atoms with Crippen LogP contribution < -0.4 is 5.32 Å². The molecule has 0 amide bonds. The van der Waals surface area contributed by atoms with Crippen LogP contribution in [0.2, 0.25) is 0 Å². The molecule has 118 valence electrons. The Morgan fingerprint density at radius 2 is 2.05 bits per heavy atom. The molecule has 1 heterocycles. The average molecular weight is 296 g/mol. The minimum absolute atomic E-state index is 0.130. The molecule has 1 saturated heterocycles. The number of hydrogen-bond donors (Lipinski definition) is 1. The zero-order valence-corrected chi connectivity index (χ0v) is 12.8. The van der Waals surface area contributed by atoms with E-state index in [1.54, 1.807) is 12.1 Å². The summed E-state index contributed by atoms with van der Waals surface area (Å²) in [4.78, 5) is 2.42. The van der Waals surface area contributed by atoms with Crippen LogP contribution in [0.15, 0.2) is 24.3 Å². The van der Waals surface area contributed by atoms with Gasteiger partial charge < -0.3 is 5.32 Å². The number of alkyl halides is 2. The van der Waals surface area contributed by atoms with Crippen LogP contribution in [0, 0.1) is 5.92 Å². The lowest BCUT2D eigenvalue weighted by atomic mass is 9.97. The number of rotatable bonds is 7. The fraction of sp³-hybridized carbons (Fsp3) is 0.647. The number of piperidine rings is 1. The zero-order chi connectivity index (χ0) is 15.1. The first-order valence-electron chi connectivity index (χ1n) is 7.99. The summed E-state index contributed by atoms with van der Waals surface area (Å²) in [6, 6.07) is 6.85. The van der Waals surface area contributed by atoms with Crippen molar-refractivity contribution in [1.29, 1.82) is 0 Å². The fourth-order valence-corrected chi connectivity index (χ4v) is 3.07. The minimum atomic E-state index is -2.38. The van der Waals surface area contributed by atoms with Gasteiger partial charge in [0.15, 0.2) is 0 Å². The van der Waals surface area contributed by atoms with Gasteiger partial charge in [-0.15, -0.1) is 0 Å². The Morgan fingerprint density at radius 3 is 2.71 bits per heavy atom. The average Bonchev–Trinajstić information content (AvgIpc) is 2.49.